The van der Waals surface area contributed by atoms with Crippen molar-refractivity contribution in [3.63, 3.8) is 0 Å². The molecule has 29 heavy (non-hydrogen) atoms. The molecule has 0 unspecified atom stereocenters. The molecule has 3 rings (SSSR count). The van der Waals surface area contributed by atoms with Crippen molar-refractivity contribution in [3.05, 3.63) is 45.1 Å². The van der Waals surface area contributed by atoms with Crippen molar-refractivity contribution in [2.24, 2.45) is 5.92 Å². The van der Waals surface area contributed by atoms with Crippen LogP contribution < -0.4 is 14.8 Å². The van der Waals surface area contributed by atoms with E-state index in [1.54, 1.807) is 26.4 Å². The van der Waals surface area contributed by atoms with Gasteiger partial charge >= 0.3 is 5.97 Å². The number of rotatable bonds is 8. The van der Waals surface area contributed by atoms with Crippen molar-refractivity contribution >= 4 is 23.2 Å². The van der Waals surface area contributed by atoms with E-state index < -0.39 is 5.97 Å². The average molecular weight is 418 g/mol. The van der Waals surface area contributed by atoms with Crippen LogP contribution in [0.1, 0.15) is 45.4 Å². The summed E-state index contributed by atoms with van der Waals surface area (Å²) in [6, 6.07) is 7.35. The van der Waals surface area contributed by atoms with Gasteiger partial charge in [-0.25, -0.2) is 4.79 Å². The Bertz CT molecular complexity index is 876. The number of hydrogen-bond acceptors (Lipinski definition) is 6. The standard InChI is InChI=1S/C22H27NO5S/c1-4-14-6-8-19-16(9-14)11-20(29-19)22(25)28-13-21(24)23-12-15-5-7-17(26-2)18(10-15)27-3/h5,7,10-11,14H,4,6,8-9,12-13H2,1-3H3,(H,23,24)/t14-/m1/s1. The molecule has 1 atom stereocenters. The SMILES string of the molecule is CC[C@@H]1CCc2sc(C(=O)OCC(=O)NCc3ccc(OC)c(OC)c3)cc2C1. The molecule has 1 aromatic heterocycles. The highest BCUT2D eigenvalue weighted by molar-refractivity contribution is 7.14. The van der Waals surface area contributed by atoms with Gasteiger partial charge in [-0.15, -0.1) is 11.3 Å². The monoisotopic (exact) mass is 417 g/mol. The van der Waals surface area contributed by atoms with Crippen LogP contribution in [-0.4, -0.2) is 32.7 Å². The van der Waals surface area contributed by atoms with E-state index in [-0.39, 0.29) is 12.5 Å². The number of benzene rings is 1. The summed E-state index contributed by atoms with van der Waals surface area (Å²) < 4.78 is 15.7. The molecule has 7 heteroatoms. The van der Waals surface area contributed by atoms with E-state index in [9.17, 15) is 9.59 Å². The lowest BCUT2D eigenvalue weighted by Gasteiger charge is -2.19. The summed E-state index contributed by atoms with van der Waals surface area (Å²) in [5.41, 5.74) is 2.12. The van der Waals surface area contributed by atoms with Crippen molar-refractivity contribution in [3.8, 4) is 11.5 Å². The first kappa shape index (κ1) is 21.2. The molecule has 1 N–H and O–H groups in total. The zero-order valence-corrected chi connectivity index (χ0v) is 17.9. The molecule has 2 aromatic rings. The van der Waals surface area contributed by atoms with Gasteiger partial charge in [-0.1, -0.05) is 19.4 Å². The third-order valence-electron chi connectivity index (χ3n) is 5.24. The number of amides is 1. The van der Waals surface area contributed by atoms with Crippen LogP contribution in [0.25, 0.3) is 0 Å². The minimum atomic E-state index is -0.432. The van der Waals surface area contributed by atoms with Crippen LogP contribution in [0.4, 0.5) is 0 Å². The molecule has 6 nitrogen and oxygen atoms in total. The quantitative estimate of drug-likeness (QED) is 0.662. The van der Waals surface area contributed by atoms with Gasteiger partial charge in [-0.05, 0) is 54.5 Å². The molecule has 0 fully saturated rings. The molecule has 0 saturated carbocycles. The Morgan fingerprint density at radius 1 is 1.17 bits per heavy atom. The maximum atomic E-state index is 12.3. The average Bonchev–Trinajstić information content (AvgIpc) is 3.19. The highest BCUT2D eigenvalue weighted by Gasteiger charge is 2.23. The number of aryl methyl sites for hydroxylation is 1. The summed E-state index contributed by atoms with van der Waals surface area (Å²) >= 11 is 1.49. The Hall–Kier alpha value is -2.54. The highest BCUT2D eigenvalue weighted by Crippen LogP contribution is 2.33. The predicted octanol–water partition coefficient (Wildman–Crippen LogP) is 3.75. The summed E-state index contributed by atoms with van der Waals surface area (Å²) in [6.45, 7) is 2.21. The van der Waals surface area contributed by atoms with Crippen LogP contribution in [0, 0.1) is 5.92 Å². The van der Waals surface area contributed by atoms with Crippen LogP contribution in [0.2, 0.25) is 0 Å². The summed E-state index contributed by atoms with van der Waals surface area (Å²) in [4.78, 5) is 26.2. The third kappa shape index (κ3) is 5.29. The minimum Gasteiger partial charge on any atom is -0.493 e. The molecule has 156 valence electrons. The predicted molar refractivity (Wildman–Crippen MR) is 112 cm³/mol. The van der Waals surface area contributed by atoms with Gasteiger partial charge in [0.25, 0.3) is 5.91 Å². The Kier molecular flexibility index (Phi) is 7.14. The molecule has 0 aliphatic heterocycles. The van der Waals surface area contributed by atoms with Gasteiger partial charge in [0, 0.05) is 11.4 Å². The van der Waals surface area contributed by atoms with E-state index in [1.165, 1.54) is 28.2 Å². The summed E-state index contributed by atoms with van der Waals surface area (Å²) in [5, 5.41) is 2.75. The van der Waals surface area contributed by atoms with Crippen molar-refractivity contribution in [2.45, 2.75) is 39.2 Å². The second-order valence-corrected chi connectivity index (χ2v) is 8.26. The Morgan fingerprint density at radius 2 is 1.97 bits per heavy atom. The number of methoxy groups -OCH3 is 2. The smallest absolute Gasteiger partial charge is 0.348 e. The van der Waals surface area contributed by atoms with Crippen LogP contribution in [0.5, 0.6) is 11.5 Å². The van der Waals surface area contributed by atoms with Gasteiger partial charge in [0.1, 0.15) is 4.88 Å². The molecule has 1 aliphatic rings. The van der Waals surface area contributed by atoms with Crippen molar-refractivity contribution in [1.82, 2.24) is 5.32 Å². The van der Waals surface area contributed by atoms with Crippen LogP contribution >= 0.6 is 11.3 Å². The number of ether oxygens (including phenoxy) is 3. The lowest BCUT2D eigenvalue weighted by Crippen LogP contribution is -2.28. The number of thiophene rings is 1. The maximum Gasteiger partial charge on any atom is 0.348 e. The zero-order valence-electron chi connectivity index (χ0n) is 17.1. The van der Waals surface area contributed by atoms with Crippen LogP contribution in [0.15, 0.2) is 24.3 Å². The first-order valence-electron chi connectivity index (χ1n) is 9.80. The molecule has 0 spiro atoms. The number of esters is 1. The Morgan fingerprint density at radius 3 is 2.69 bits per heavy atom. The van der Waals surface area contributed by atoms with Gasteiger partial charge in [-0.2, -0.15) is 0 Å². The van der Waals surface area contributed by atoms with E-state index in [0.29, 0.717) is 28.8 Å². The van der Waals surface area contributed by atoms with E-state index >= 15 is 0 Å². The van der Waals surface area contributed by atoms with Gasteiger partial charge in [0.05, 0.1) is 14.2 Å². The fourth-order valence-electron chi connectivity index (χ4n) is 3.49. The lowest BCUT2D eigenvalue weighted by atomic mass is 9.87. The second-order valence-electron chi connectivity index (χ2n) is 7.12. The van der Waals surface area contributed by atoms with Crippen LogP contribution in [-0.2, 0) is 28.9 Å². The topological polar surface area (TPSA) is 73.9 Å². The van der Waals surface area contributed by atoms with Gasteiger partial charge in [-0.3, -0.25) is 4.79 Å². The molecule has 0 saturated heterocycles. The highest BCUT2D eigenvalue weighted by atomic mass is 32.1. The minimum absolute atomic E-state index is 0.299. The number of nitrogens with one attached hydrogen (secondary N) is 1. The van der Waals surface area contributed by atoms with Gasteiger partial charge in [0.15, 0.2) is 18.1 Å². The summed E-state index contributed by atoms with van der Waals surface area (Å²) in [6.07, 6.45) is 4.39. The number of carbonyl (C=O) groups is 2. The third-order valence-corrected chi connectivity index (χ3v) is 6.45. The number of fused-ring (bicyclic) bond motifs is 1. The van der Waals surface area contributed by atoms with E-state index in [4.69, 9.17) is 14.2 Å². The molecule has 1 aliphatic carbocycles. The first-order chi connectivity index (χ1) is 14.0. The molecule has 0 radical (unpaired) electrons. The fraction of sp³-hybridized carbons (Fsp3) is 0.455. The van der Waals surface area contributed by atoms with Crippen LogP contribution in [0.3, 0.4) is 0 Å². The number of hydrogen-bond donors (Lipinski definition) is 1. The molecular weight excluding hydrogens is 390 g/mol. The zero-order chi connectivity index (χ0) is 20.8. The molecule has 1 amide bonds. The van der Waals surface area contributed by atoms with Gasteiger partial charge < -0.3 is 19.5 Å². The summed E-state index contributed by atoms with van der Waals surface area (Å²) in [5.74, 6) is 1.14. The van der Waals surface area contributed by atoms with Crippen molar-refractivity contribution < 1.29 is 23.8 Å². The Balaban J connectivity index is 1.48. The Labute approximate surface area is 175 Å². The molecule has 0 bridgehead atoms. The first-order valence-corrected chi connectivity index (χ1v) is 10.6. The largest absolute Gasteiger partial charge is 0.493 e. The second kappa shape index (κ2) is 9.78. The normalized spacial score (nSPS) is 15.3. The number of carbonyl (C=O) groups excluding carboxylic acids is 2. The van der Waals surface area contributed by atoms with E-state index in [1.807, 2.05) is 12.1 Å². The molecule has 1 heterocycles. The van der Waals surface area contributed by atoms with Crippen molar-refractivity contribution in [1.29, 1.82) is 0 Å². The summed E-state index contributed by atoms with van der Waals surface area (Å²) in [7, 11) is 3.13. The molecule has 1 aromatic carbocycles. The van der Waals surface area contributed by atoms with Gasteiger partial charge in [0.2, 0.25) is 0 Å². The molecular formula is C22H27NO5S. The lowest BCUT2D eigenvalue weighted by molar-refractivity contribution is -0.124. The van der Waals surface area contributed by atoms with Crippen molar-refractivity contribution in [2.75, 3.05) is 20.8 Å². The maximum absolute atomic E-state index is 12.3. The van der Waals surface area contributed by atoms with E-state index in [0.717, 1.165) is 24.8 Å². The van der Waals surface area contributed by atoms with E-state index in [2.05, 4.69) is 12.2 Å². The fourth-order valence-corrected chi connectivity index (χ4v) is 4.59.